The van der Waals surface area contributed by atoms with Gasteiger partial charge in [0.1, 0.15) is 11.4 Å². The Kier molecular flexibility index (Phi) is 10.7. The van der Waals surface area contributed by atoms with Gasteiger partial charge in [0.25, 0.3) is 0 Å². The van der Waals surface area contributed by atoms with Gasteiger partial charge in [0.05, 0.1) is 18.0 Å². The SMILES string of the molecule is CCCCCCCCOC(=O)CCc1cc(N(C)/N=C2/CC=CC=C2N)c(O)c(C(C)(C)C)c1. The van der Waals surface area contributed by atoms with Gasteiger partial charge in [0.2, 0.25) is 0 Å². The number of nitrogens with zero attached hydrogens (tertiary/aromatic N) is 2. The lowest BCUT2D eigenvalue weighted by Gasteiger charge is -2.26. The highest BCUT2D eigenvalue weighted by molar-refractivity contribution is 6.01. The minimum absolute atomic E-state index is 0.180. The maximum absolute atomic E-state index is 12.3. The normalized spacial score (nSPS) is 14.9. The molecule has 34 heavy (non-hydrogen) atoms. The Labute approximate surface area is 205 Å². The van der Waals surface area contributed by atoms with E-state index in [2.05, 4.69) is 32.8 Å². The number of nitrogens with two attached hydrogens (primary N) is 1. The highest BCUT2D eigenvalue weighted by Gasteiger charge is 2.23. The van der Waals surface area contributed by atoms with Crippen molar-refractivity contribution in [2.75, 3.05) is 18.7 Å². The fourth-order valence-corrected chi connectivity index (χ4v) is 3.93. The van der Waals surface area contributed by atoms with Crippen LogP contribution < -0.4 is 10.7 Å². The summed E-state index contributed by atoms with van der Waals surface area (Å²) in [6.07, 6.45) is 14.2. The maximum Gasteiger partial charge on any atom is 0.306 e. The molecular weight excluding hydrogens is 426 g/mol. The third-order valence-corrected chi connectivity index (χ3v) is 6.01. The number of anilines is 1. The molecule has 0 saturated carbocycles. The van der Waals surface area contributed by atoms with Crippen LogP contribution in [0.1, 0.15) is 90.2 Å². The van der Waals surface area contributed by atoms with Crippen LogP contribution in [0.5, 0.6) is 5.75 Å². The minimum atomic E-state index is -0.270. The fraction of sp³-hybridized carbons (Fsp3) is 0.571. The van der Waals surface area contributed by atoms with Gasteiger partial charge in [-0.05, 0) is 36.0 Å². The molecule has 1 aliphatic rings. The highest BCUT2D eigenvalue weighted by Crippen LogP contribution is 2.39. The van der Waals surface area contributed by atoms with E-state index in [-0.39, 0.29) is 17.1 Å². The number of phenolic OH excluding ortho intramolecular Hbond substituents is 1. The zero-order chi connectivity index (χ0) is 25.1. The zero-order valence-electron chi connectivity index (χ0n) is 21.7. The second kappa shape index (κ2) is 13.2. The summed E-state index contributed by atoms with van der Waals surface area (Å²) in [6, 6.07) is 3.88. The molecule has 0 aliphatic heterocycles. The molecule has 6 heteroatoms. The van der Waals surface area contributed by atoms with Crippen molar-refractivity contribution in [3.05, 3.63) is 47.2 Å². The van der Waals surface area contributed by atoms with E-state index in [4.69, 9.17) is 10.5 Å². The van der Waals surface area contributed by atoms with Crippen molar-refractivity contribution in [1.29, 1.82) is 0 Å². The summed E-state index contributed by atoms with van der Waals surface area (Å²) in [5.74, 6) is 0.0173. The first-order chi connectivity index (χ1) is 16.1. The van der Waals surface area contributed by atoms with Crippen LogP contribution in [-0.4, -0.2) is 30.4 Å². The number of aryl methyl sites for hydroxylation is 1. The predicted molar refractivity (Wildman–Crippen MR) is 141 cm³/mol. The molecule has 188 valence electrons. The summed E-state index contributed by atoms with van der Waals surface area (Å²) in [4.78, 5) is 12.3. The van der Waals surface area contributed by atoms with Crippen molar-refractivity contribution >= 4 is 17.4 Å². The molecule has 3 N–H and O–H groups in total. The Hall–Kier alpha value is -2.76. The first-order valence-corrected chi connectivity index (χ1v) is 12.6. The van der Waals surface area contributed by atoms with Gasteiger partial charge in [-0.15, -0.1) is 0 Å². The van der Waals surface area contributed by atoms with Crippen molar-refractivity contribution in [2.24, 2.45) is 10.8 Å². The summed E-state index contributed by atoms with van der Waals surface area (Å²) < 4.78 is 5.43. The molecule has 1 aromatic rings. The van der Waals surface area contributed by atoms with Crippen LogP contribution in [0.4, 0.5) is 5.69 Å². The number of phenols is 1. The number of ether oxygens (including phenoxy) is 1. The Balaban J connectivity index is 2.07. The van der Waals surface area contributed by atoms with Gasteiger partial charge in [-0.25, -0.2) is 0 Å². The number of hydrogen-bond acceptors (Lipinski definition) is 6. The lowest BCUT2D eigenvalue weighted by Crippen LogP contribution is -2.20. The molecule has 0 amide bonds. The smallest absolute Gasteiger partial charge is 0.306 e. The molecule has 0 unspecified atom stereocenters. The second-order valence-corrected chi connectivity index (χ2v) is 10.1. The van der Waals surface area contributed by atoms with E-state index in [0.29, 0.717) is 37.3 Å². The largest absolute Gasteiger partial charge is 0.505 e. The van der Waals surface area contributed by atoms with Crippen LogP contribution in [0.2, 0.25) is 0 Å². The van der Waals surface area contributed by atoms with Crippen LogP contribution >= 0.6 is 0 Å². The molecular formula is C28H43N3O3. The minimum Gasteiger partial charge on any atom is -0.505 e. The molecule has 0 aromatic heterocycles. The molecule has 0 saturated heterocycles. The number of carbonyl (C=O) groups is 1. The Morgan fingerprint density at radius 1 is 1.18 bits per heavy atom. The number of allylic oxidation sites excluding steroid dienone is 4. The molecule has 2 rings (SSSR count). The van der Waals surface area contributed by atoms with E-state index < -0.39 is 0 Å². The number of rotatable bonds is 12. The molecule has 1 aliphatic carbocycles. The Bertz CT molecular complexity index is 910. The maximum atomic E-state index is 12.3. The predicted octanol–water partition coefficient (Wildman–Crippen LogP) is 6.12. The van der Waals surface area contributed by atoms with Crippen molar-refractivity contribution in [1.82, 2.24) is 0 Å². The van der Waals surface area contributed by atoms with E-state index in [0.717, 1.165) is 29.7 Å². The van der Waals surface area contributed by atoms with Gasteiger partial charge in [-0.2, -0.15) is 5.10 Å². The summed E-state index contributed by atoms with van der Waals surface area (Å²) in [6.45, 7) is 8.87. The van der Waals surface area contributed by atoms with E-state index in [1.807, 2.05) is 30.4 Å². The van der Waals surface area contributed by atoms with Crippen molar-refractivity contribution in [3.63, 3.8) is 0 Å². The van der Waals surface area contributed by atoms with E-state index in [1.54, 1.807) is 12.1 Å². The molecule has 0 radical (unpaired) electrons. The highest BCUT2D eigenvalue weighted by atomic mass is 16.5. The molecule has 0 fully saturated rings. The summed E-state index contributed by atoms with van der Waals surface area (Å²) >= 11 is 0. The van der Waals surface area contributed by atoms with Gasteiger partial charge in [0.15, 0.2) is 0 Å². The quantitative estimate of drug-likeness (QED) is 0.219. The van der Waals surface area contributed by atoms with Crippen molar-refractivity contribution < 1.29 is 14.6 Å². The topological polar surface area (TPSA) is 88.2 Å². The molecule has 6 nitrogen and oxygen atoms in total. The van der Waals surface area contributed by atoms with Crippen LogP contribution in [0.3, 0.4) is 0 Å². The van der Waals surface area contributed by atoms with Crippen LogP contribution in [0, 0.1) is 0 Å². The first kappa shape index (κ1) is 27.5. The zero-order valence-corrected chi connectivity index (χ0v) is 21.7. The molecule has 0 spiro atoms. The van der Waals surface area contributed by atoms with Gasteiger partial charge in [-0.3, -0.25) is 9.80 Å². The summed E-state index contributed by atoms with van der Waals surface area (Å²) in [7, 11) is 1.80. The molecule has 0 heterocycles. The lowest BCUT2D eigenvalue weighted by molar-refractivity contribution is -0.143. The lowest BCUT2D eigenvalue weighted by atomic mass is 9.84. The fourth-order valence-electron chi connectivity index (χ4n) is 3.93. The van der Waals surface area contributed by atoms with Crippen LogP contribution in [-0.2, 0) is 21.4 Å². The number of benzene rings is 1. The molecule has 0 atom stereocenters. The summed E-state index contributed by atoms with van der Waals surface area (Å²) in [5, 5.41) is 17.4. The third-order valence-electron chi connectivity index (χ3n) is 6.01. The second-order valence-electron chi connectivity index (χ2n) is 10.1. The van der Waals surface area contributed by atoms with Crippen molar-refractivity contribution in [3.8, 4) is 5.75 Å². The number of hydrogen-bond donors (Lipinski definition) is 2. The number of esters is 1. The van der Waals surface area contributed by atoms with E-state index in [9.17, 15) is 9.90 Å². The Morgan fingerprint density at radius 3 is 2.56 bits per heavy atom. The standard InChI is InChI=1S/C28H43N3O3/c1-6-7-8-9-10-13-18-34-26(32)17-16-21-19-22(28(2,3)4)27(33)25(20-21)31(5)30-24-15-12-11-14-23(24)29/h11-12,14,19-20,33H,6-10,13,15-18,29H2,1-5H3/b30-24-. The first-order valence-electron chi connectivity index (χ1n) is 12.6. The number of aromatic hydroxyl groups is 1. The number of carbonyl (C=O) groups excluding carboxylic acids is 1. The summed E-state index contributed by atoms with van der Waals surface area (Å²) in [5.41, 5.74) is 9.56. The van der Waals surface area contributed by atoms with Crippen molar-refractivity contribution in [2.45, 2.75) is 90.9 Å². The van der Waals surface area contributed by atoms with Crippen LogP contribution in [0.15, 0.2) is 41.2 Å². The molecule has 1 aromatic carbocycles. The van der Waals surface area contributed by atoms with Gasteiger partial charge >= 0.3 is 5.97 Å². The third kappa shape index (κ3) is 8.54. The van der Waals surface area contributed by atoms with E-state index >= 15 is 0 Å². The average Bonchev–Trinajstić information content (AvgIpc) is 2.78. The van der Waals surface area contributed by atoms with E-state index in [1.165, 1.54) is 25.7 Å². The number of unbranched alkanes of at least 4 members (excludes halogenated alkanes) is 5. The van der Waals surface area contributed by atoms with Crippen LogP contribution in [0.25, 0.3) is 0 Å². The van der Waals surface area contributed by atoms with Gasteiger partial charge in [0, 0.05) is 25.5 Å². The number of hydrazone groups is 1. The monoisotopic (exact) mass is 469 g/mol. The van der Waals surface area contributed by atoms with Gasteiger partial charge < -0.3 is 15.6 Å². The molecule has 0 bridgehead atoms. The Morgan fingerprint density at radius 2 is 1.88 bits per heavy atom. The van der Waals surface area contributed by atoms with Gasteiger partial charge in [-0.1, -0.05) is 78.0 Å². The average molecular weight is 470 g/mol.